The number of hydrogen-bond acceptors (Lipinski definition) is 2. The summed E-state index contributed by atoms with van der Waals surface area (Å²) < 4.78 is 1.50. The SMILES string of the molecule is CCNCc1sc2cc3c(cc2c1CC)CCC3. The molecule has 1 aromatic heterocycles. The molecule has 0 aliphatic heterocycles. The van der Waals surface area contributed by atoms with Crippen LogP contribution in [0.5, 0.6) is 0 Å². The van der Waals surface area contributed by atoms with Gasteiger partial charge in [0.05, 0.1) is 0 Å². The fourth-order valence-corrected chi connectivity index (χ4v) is 4.35. The van der Waals surface area contributed by atoms with Crippen LogP contribution in [-0.2, 0) is 25.8 Å². The lowest BCUT2D eigenvalue weighted by Gasteiger charge is -2.03. The largest absolute Gasteiger partial charge is 0.312 e. The quantitative estimate of drug-likeness (QED) is 0.873. The lowest BCUT2D eigenvalue weighted by Crippen LogP contribution is -2.11. The number of hydrogen-bond donors (Lipinski definition) is 1. The third-order valence-corrected chi connectivity index (χ3v) is 5.17. The summed E-state index contributed by atoms with van der Waals surface area (Å²) in [7, 11) is 0. The Hall–Kier alpha value is -0.860. The van der Waals surface area contributed by atoms with Gasteiger partial charge in [-0.15, -0.1) is 11.3 Å². The highest BCUT2D eigenvalue weighted by molar-refractivity contribution is 7.19. The smallest absolute Gasteiger partial charge is 0.0351 e. The second-order valence-corrected chi connectivity index (χ2v) is 6.25. The normalized spacial score (nSPS) is 14.3. The van der Waals surface area contributed by atoms with Gasteiger partial charge < -0.3 is 5.32 Å². The molecule has 0 unspecified atom stereocenters. The van der Waals surface area contributed by atoms with Crippen molar-refractivity contribution in [2.75, 3.05) is 6.54 Å². The van der Waals surface area contributed by atoms with E-state index < -0.39 is 0 Å². The first-order chi connectivity index (χ1) is 8.83. The minimum atomic E-state index is 1.03. The molecular formula is C16H21NS. The van der Waals surface area contributed by atoms with Crippen LogP contribution in [0, 0.1) is 0 Å². The average molecular weight is 259 g/mol. The van der Waals surface area contributed by atoms with E-state index in [2.05, 4.69) is 31.3 Å². The van der Waals surface area contributed by atoms with Crippen LogP contribution < -0.4 is 5.32 Å². The van der Waals surface area contributed by atoms with E-state index in [9.17, 15) is 0 Å². The van der Waals surface area contributed by atoms with Crippen LogP contribution in [-0.4, -0.2) is 6.54 Å². The highest BCUT2D eigenvalue weighted by Gasteiger charge is 2.16. The Morgan fingerprint density at radius 2 is 1.94 bits per heavy atom. The van der Waals surface area contributed by atoms with Crippen LogP contribution >= 0.6 is 11.3 Å². The molecule has 2 aromatic rings. The Bertz CT molecular complexity index is 568. The van der Waals surface area contributed by atoms with Crippen LogP contribution in [0.2, 0.25) is 0 Å². The Kier molecular flexibility index (Phi) is 3.40. The second-order valence-electron chi connectivity index (χ2n) is 5.11. The summed E-state index contributed by atoms with van der Waals surface area (Å²) in [6, 6.07) is 4.93. The summed E-state index contributed by atoms with van der Waals surface area (Å²) in [6.07, 6.45) is 5.07. The summed E-state index contributed by atoms with van der Waals surface area (Å²) in [5.41, 5.74) is 4.78. The van der Waals surface area contributed by atoms with Gasteiger partial charge in [0.25, 0.3) is 0 Å². The molecule has 1 aromatic carbocycles. The van der Waals surface area contributed by atoms with Crippen molar-refractivity contribution in [3.05, 3.63) is 33.7 Å². The molecule has 0 radical (unpaired) electrons. The molecule has 0 bridgehead atoms. The average Bonchev–Trinajstić information content (AvgIpc) is 2.95. The van der Waals surface area contributed by atoms with E-state index in [1.54, 1.807) is 16.7 Å². The predicted molar refractivity (Wildman–Crippen MR) is 80.6 cm³/mol. The highest BCUT2D eigenvalue weighted by Crippen LogP contribution is 2.36. The van der Waals surface area contributed by atoms with Gasteiger partial charge in [-0.1, -0.05) is 13.8 Å². The van der Waals surface area contributed by atoms with Gasteiger partial charge in [0.1, 0.15) is 0 Å². The highest BCUT2D eigenvalue weighted by atomic mass is 32.1. The maximum absolute atomic E-state index is 3.47. The van der Waals surface area contributed by atoms with Gasteiger partial charge in [-0.2, -0.15) is 0 Å². The maximum atomic E-state index is 3.47. The third kappa shape index (κ3) is 1.98. The molecule has 0 saturated heterocycles. The lowest BCUT2D eigenvalue weighted by molar-refractivity contribution is 0.731. The van der Waals surface area contributed by atoms with E-state index in [1.807, 2.05) is 11.3 Å². The van der Waals surface area contributed by atoms with Crippen molar-refractivity contribution in [1.82, 2.24) is 5.32 Å². The molecule has 3 rings (SSSR count). The van der Waals surface area contributed by atoms with Crippen molar-refractivity contribution in [2.45, 2.75) is 46.1 Å². The van der Waals surface area contributed by atoms with E-state index in [4.69, 9.17) is 0 Å². The third-order valence-electron chi connectivity index (χ3n) is 3.98. The van der Waals surface area contributed by atoms with Gasteiger partial charge in [0.15, 0.2) is 0 Å². The molecule has 1 heterocycles. The zero-order chi connectivity index (χ0) is 12.5. The molecule has 1 aliphatic carbocycles. The number of thiophene rings is 1. The molecule has 0 atom stereocenters. The zero-order valence-corrected chi connectivity index (χ0v) is 12.1. The molecule has 0 spiro atoms. The molecule has 18 heavy (non-hydrogen) atoms. The van der Waals surface area contributed by atoms with E-state index in [0.717, 1.165) is 19.5 Å². The summed E-state index contributed by atoms with van der Waals surface area (Å²) in [6.45, 7) is 6.54. The Balaban J connectivity index is 2.10. The molecule has 0 fully saturated rings. The van der Waals surface area contributed by atoms with Gasteiger partial charge in [0.2, 0.25) is 0 Å². The van der Waals surface area contributed by atoms with Crippen molar-refractivity contribution < 1.29 is 0 Å². The molecule has 1 N–H and O–H groups in total. The number of nitrogens with one attached hydrogen (secondary N) is 1. The summed E-state index contributed by atoms with van der Waals surface area (Å²) in [4.78, 5) is 1.54. The van der Waals surface area contributed by atoms with Crippen LogP contribution in [0.25, 0.3) is 10.1 Å². The fraction of sp³-hybridized carbons (Fsp3) is 0.500. The van der Waals surface area contributed by atoms with Crippen molar-refractivity contribution in [3.63, 3.8) is 0 Å². The van der Waals surface area contributed by atoms with Crippen LogP contribution in [0.15, 0.2) is 12.1 Å². The van der Waals surface area contributed by atoms with Crippen molar-refractivity contribution in [1.29, 1.82) is 0 Å². The monoisotopic (exact) mass is 259 g/mol. The molecule has 96 valence electrons. The van der Waals surface area contributed by atoms with Crippen molar-refractivity contribution in [2.24, 2.45) is 0 Å². The maximum Gasteiger partial charge on any atom is 0.0351 e. The minimum Gasteiger partial charge on any atom is -0.312 e. The Labute approximate surface area is 113 Å². The number of benzene rings is 1. The van der Waals surface area contributed by atoms with E-state index in [0.29, 0.717) is 0 Å². The Morgan fingerprint density at radius 1 is 1.17 bits per heavy atom. The summed E-state index contributed by atoms with van der Waals surface area (Å²) in [5.74, 6) is 0. The van der Waals surface area contributed by atoms with Gasteiger partial charge in [-0.3, -0.25) is 0 Å². The summed E-state index contributed by atoms with van der Waals surface area (Å²) >= 11 is 1.99. The molecule has 1 aliphatic rings. The standard InChI is InChI=1S/C16H21NS/c1-3-13-14-8-11-6-5-7-12(11)9-15(14)18-16(13)10-17-4-2/h8-9,17H,3-7,10H2,1-2H3. The van der Waals surface area contributed by atoms with Gasteiger partial charge >= 0.3 is 0 Å². The Morgan fingerprint density at radius 3 is 2.67 bits per heavy atom. The van der Waals surface area contributed by atoms with Crippen molar-refractivity contribution in [3.8, 4) is 0 Å². The van der Waals surface area contributed by atoms with Gasteiger partial charge in [-0.25, -0.2) is 0 Å². The fourth-order valence-electron chi connectivity index (χ4n) is 3.04. The summed E-state index contributed by atoms with van der Waals surface area (Å²) in [5, 5.41) is 4.99. The molecule has 0 saturated carbocycles. The molecule has 1 nitrogen and oxygen atoms in total. The first-order valence-electron chi connectivity index (χ1n) is 7.10. The van der Waals surface area contributed by atoms with Crippen LogP contribution in [0.4, 0.5) is 0 Å². The second kappa shape index (κ2) is 5.02. The van der Waals surface area contributed by atoms with Crippen LogP contribution in [0.1, 0.15) is 41.8 Å². The van der Waals surface area contributed by atoms with Gasteiger partial charge in [0, 0.05) is 16.1 Å². The molecule has 0 amide bonds. The number of aryl methyl sites for hydroxylation is 3. The first-order valence-corrected chi connectivity index (χ1v) is 7.91. The number of fused-ring (bicyclic) bond motifs is 2. The van der Waals surface area contributed by atoms with E-state index in [-0.39, 0.29) is 0 Å². The number of rotatable bonds is 4. The minimum absolute atomic E-state index is 1.03. The molecule has 2 heteroatoms. The van der Waals surface area contributed by atoms with E-state index >= 15 is 0 Å². The molecular weight excluding hydrogens is 238 g/mol. The predicted octanol–water partition coefficient (Wildman–Crippen LogP) is 4.06. The van der Waals surface area contributed by atoms with Crippen molar-refractivity contribution >= 4 is 21.4 Å². The zero-order valence-electron chi connectivity index (χ0n) is 11.3. The first kappa shape index (κ1) is 12.2. The van der Waals surface area contributed by atoms with Gasteiger partial charge in [-0.05, 0) is 66.4 Å². The lowest BCUT2D eigenvalue weighted by atomic mass is 10.0. The van der Waals surface area contributed by atoms with Crippen LogP contribution in [0.3, 0.4) is 0 Å². The van der Waals surface area contributed by atoms with E-state index in [1.165, 1.54) is 34.2 Å². The topological polar surface area (TPSA) is 12.0 Å².